The van der Waals surface area contributed by atoms with Gasteiger partial charge in [0.1, 0.15) is 11.5 Å². The molecule has 1 aromatic heterocycles. The third-order valence-electron chi connectivity index (χ3n) is 5.26. The second-order valence-corrected chi connectivity index (χ2v) is 7.17. The Balaban J connectivity index is 1.51. The number of para-hydroxylation sites is 2. The molecule has 4 rings (SSSR count). The Morgan fingerprint density at radius 2 is 1.97 bits per heavy atom. The summed E-state index contributed by atoms with van der Waals surface area (Å²) in [6.07, 6.45) is 2.21. The van der Waals surface area contributed by atoms with Crippen molar-refractivity contribution in [2.45, 2.75) is 38.4 Å². The summed E-state index contributed by atoms with van der Waals surface area (Å²) in [5.74, 6) is 1.02. The first-order valence-electron chi connectivity index (χ1n) is 9.69. The molecule has 2 aromatic carbocycles. The summed E-state index contributed by atoms with van der Waals surface area (Å²) in [7, 11) is 3.23. The molecule has 1 aliphatic rings. The standard InChI is InChI=1S/C22H24N2O5/c1-27-17-9-10-19(28-2)15(13-17)14-24(16-7-8-16)21(25)11-12-23-18-5-3-4-6-20(18)29-22(23)26/h3-6,9-10,13,16H,7-8,11-12,14H2,1-2H3. The van der Waals surface area contributed by atoms with Crippen molar-refractivity contribution < 1.29 is 18.7 Å². The average molecular weight is 396 g/mol. The molecule has 1 aliphatic carbocycles. The number of aryl methyl sites for hydroxylation is 1. The summed E-state index contributed by atoms with van der Waals surface area (Å²) in [4.78, 5) is 27.1. The van der Waals surface area contributed by atoms with Crippen molar-refractivity contribution in [2.24, 2.45) is 0 Å². The quantitative estimate of drug-likeness (QED) is 0.585. The van der Waals surface area contributed by atoms with Gasteiger partial charge in [-0.05, 0) is 43.2 Å². The van der Waals surface area contributed by atoms with Gasteiger partial charge in [-0.15, -0.1) is 0 Å². The highest BCUT2D eigenvalue weighted by Gasteiger charge is 2.33. The Kier molecular flexibility index (Phi) is 5.29. The van der Waals surface area contributed by atoms with Crippen molar-refractivity contribution in [3.8, 4) is 11.5 Å². The number of ether oxygens (including phenoxy) is 2. The Hall–Kier alpha value is -3.22. The number of nitrogens with zero attached hydrogens (tertiary/aromatic N) is 2. The lowest BCUT2D eigenvalue weighted by Gasteiger charge is -2.24. The highest BCUT2D eigenvalue weighted by Crippen LogP contribution is 2.32. The van der Waals surface area contributed by atoms with Crippen LogP contribution in [0, 0.1) is 0 Å². The molecule has 0 atom stereocenters. The van der Waals surface area contributed by atoms with Crippen LogP contribution in [0.1, 0.15) is 24.8 Å². The van der Waals surface area contributed by atoms with Gasteiger partial charge in [0, 0.05) is 31.1 Å². The van der Waals surface area contributed by atoms with E-state index in [0.717, 1.165) is 29.9 Å². The number of amides is 1. The molecule has 0 spiro atoms. The molecule has 0 N–H and O–H groups in total. The van der Waals surface area contributed by atoms with Gasteiger partial charge in [0.25, 0.3) is 0 Å². The fourth-order valence-corrected chi connectivity index (χ4v) is 3.57. The summed E-state index contributed by atoms with van der Waals surface area (Å²) in [5, 5.41) is 0. The predicted molar refractivity (Wildman–Crippen MR) is 108 cm³/mol. The van der Waals surface area contributed by atoms with Crippen molar-refractivity contribution >= 4 is 17.0 Å². The lowest BCUT2D eigenvalue weighted by Crippen LogP contribution is -2.33. The maximum atomic E-state index is 13.0. The van der Waals surface area contributed by atoms with Gasteiger partial charge in [0.15, 0.2) is 5.58 Å². The second kappa shape index (κ2) is 8.03. The van der Waals surface area contributed by atoms with Crippen LogP contribution in [-0.2, 0) is 17.9 Å². The van der Waals surface area contributed by atoms with Gasteiger partial charge in [-0.3, -0.25) is 9.36 Å². The zero-order valence-electron chi connectivity index (χ0n) is 16.6. The Labute approximate surface area is 168 Å². The molecule has 0 radical (unpaired) electrons. The number of aromatic nitrogens is 1. The number of oxazole rings is 1. The average Bonchev–Trinajstić information content (AvgIpc) is 3.52. The maximum absolute atomic E-state index is 13.0. The SMILES string of the molecule is COc1ccc(OC)c(CN(C(=O)CCn2c(=O)oc3ccccc32)C2CC2)c1. The molecule has 1 saturated carbocycles. The summed E-state index contributed by atoms with van der Waals surface area (Å²) in [6.45, 7) is 0.734. The minimum absolute atomic E-state index is 0.00885. The monoisotopic (exact) mass is 396 g/mol. The number of hydrogen-bond acceptors (Lipinski definition) is 5. The number of benzene rings is 2. The van der Waals surface area contributed by atoms with Gasteiger partial charge < -0.3 is 18.8 Å². The molecule has 7 nitrogen and oxygen atoms in total. The lowest BCUT2D eigenvalue weighted by atomic mass is 10.1. The van der Waals surface area contributed by atoms with E-state index >= 15 is 0 Å². The molecule has 1 amide bonds. The highest BCUT2D eigenvalue weighted by atomic mass is 16.5. The van der Waals surface area contributed by atoms with E-state index in [0.29, 0.717) is 17.6 Å². The minimum Gasteiger partial charge on any atom is -0.497 e. The van der Waals surface area contributed by atoms with Gasteiger partial charge in [0.2, 0.25) is 5.91 Å². The van der Waals surface area contributed by atoms with E-state index in [2.05, 4.69) is 0 Å². The fourth-order valence-electron chi connectivity index (χ4n) is 3.57. The van der Waals surface area contributed by atoms with Crippen molar-refractivity contribution in [3.05, 3.63) is 58.6 Å². The zero-order valence-corrected chi connectivity index (χ0v) is 16.6. The minimum atomic E-state index is -0.438. The van der Waals surface area contributed by atoms with Gasteiger partial charge >= 0.3 is 5.76 Å². The largest absolute Gasteiger partial charge is 0.497 e. The number of carbonyl (C=O) groups is 1. The lowest BCUT2D eigenvalue weighted by molar-refractivity contribution is -0.132. The molecule has 0 unspecified atom stereocenters. The first kappa shape index (κ1) is 19.1. The van der Waals surface area contributed by atoms with E-state index in [1.807, 2.05) is 41.3 Å². The van der Waals surface area contributed by atoms with E-state index < -0.39 is 5.76 Å². The molecule has 0 aliphatic heterocycles. The van der Waals surface area contributed by atoms with Crippen LogP contribution in [0.4, 0.5) is 0 Å². The van der Waals surface area contributed by atoms with Crippen LogP contribution in [0.15, 0.2) is 51.7 Å². The topological polar surface area (TPSA) is 73.9 Å². The smallest absolute Gasteiger partial charge is 0.419 e. The van der Waals surface area contributed by atoms with Crippen LogP contribution in [0.25, 0.3) is 11.1 Å². The third-order valence-corrected chi connectivity index (χ3v) is 5.26. The summed E-state index contributed by atoms with van der Waals surface area (Å²) in [5.41, 5.74) is 2.14. The Bertz CT molecular complexity index is 1080. The predicted octanol–water partition coefficient (Wildman–Crippen LogP) is 3.19. The molecule has 1 fully saturated rings. The van der Waals surface area contributed by atoms with E-state index in [1.54, 1.807) is 20.3 Å². The van der Waals surface area contributed by atoms with Crippen LogP contribution >= 0.6 is 0 Å². The van der Waals surface area contributed by atoms with Gasteiger partial charge in [-0.2, -0.15) is 0 Å². The van der Waals surface area contributed by atoms with E-state index in [9.17, 15) is 9.59 Å². The van der Waals surface area contributed by atoms with E-state index in [1.165, 1.54) is 4.57 Å². The molecule has 152 valence electrons. The second-order valence-electron chi connectivity index (χ2n) is 7.17. The highest BCUT2D eigenvalue weighted by molar-refractivity contribution is 5.77. The van der Waals surface area contributed by atoms with Gasteiger partial charge in [-0.1, -0.05) is 12.1 Å². The van der Waals surface area contributed by atoms with Crippen molar-refractivity contribution in [1.29, 1.82) is 0 Å². The van der Waals surface area contributed by atoms with Crippen molar-refractivity contribution in [2.75, 3.05) is 14.2 Å². The summed E-state index contributed by atoms with van der Waals surface area (Å²) >= 11 is 0. The molecule has 29 heavy (non-hydrogen) atoms. The molecule has 1 heterocycles. The van der Waals surface area contributed by atoms with Gasteiger partial charge in [0.05, 0.1) is 19.7 Å². The summed E-state index contributed by atoms with van der Waals surface area (Å²) < 4.78 is 17.5. The first-order valence-corrected chi connectivity index (χ1v) is 9.69. The number of methoxy groups -OCH3 is 2. The number of fused-ring (bicyclic) bond motifs is 1. The Morgan fingerprint density at radius 1 is 1.17 bits per heavy atom. The third kappa shape index (κ3) is 3.99. The molecular formula is C22H24N2O5. The van der Waals surface area contributed by atoms with Crippen LogP contribution in [0.3, 0.4) is 0 Å². The maximum Gasteiger partial charge on any atom is 0.419 e. The molecule has 0 saturated heterocycles. The molecule has 0 bridgehead atoms. The Morgan fingerprint density at radius 3 is 2.69 bits per heavy atom. The fraction of sp³-hybridized carbons (Fsp3) is 0.364. The van der Waals surface area contributed by atoms with Crippen LogP contribution in [0.5, 0.6) is 11.5 Å². The number of carbonyl (C=O) groups excluding carboxylic acids is 1. The first-order chi connectivity index (χ1) is 14.1. The van der Waals surface area contributed by atoms with Crippen LogP contribution < -0.4 is 15.2 Å². The normalized spacial score (nSPS) is 13.4. The molecule has 7 heteroatoms. The zero-order chi connectivity index (χ0) is 20.4. The van der Waals surface area contributed by atoms with Crippen LogP contribution in [-0.4, -0.2) is 35.6 Å². The van der Waals surface area contributed by atoms with Crippen LogP contribution in [0.2, 0.25) is 0 Å². The van der Waals surface area contributed by atoms with Gasteiger partial charge in [-0.25, -0.2) is 4.79 Å². The summed E-state index contributed by atoms with van der Waals surface area (Å²) in [6, 6.07) is 13.1. The molecular weight excluding hydrogens is 372 g/mol. The number of rotatable bonds is 8. The van der Waals surface area contributed by atoms with E-state index in [4.69, 9.17) is 13.9 Å². The van der Waals surface area contributed by atoms with E-state index in [-0.39, 0.29) is 24.9 Å². The van der Waals surface area contributed by atoms with Crippen molar-refractivity contribution in [3.63, 3.8) is 0 Å². The number of hydrogen-bond donors (Lipinski definition) is 0. The van der Waals surface area contributed by atoms with Crippen molar-refractivity contribution in [1.82, 2.24) is 9.47 Å². The molecule has 3 aromatic rings.